The second kappa shape index (κ2) is 2.98. The zero-order chi connectivity index (χ0) is 11.5. The number of rotatable bonds is 0. The van der Waals surface area contributed by atoms with Gasteiger partial charge in [-0.1, -0.05) is 20.8 Å². The highest BCUT2D eigenvalue weighted by atomic mass is 16.3. The normalized spacial score (nSPS) is 54.0. The van der Waals surface area contributed by atoms with Gasteiger partial charge >= 0.3 is 0 Å². The zero-order valence-electron chi connectivity index (χ0n) is 10.4. The SMILES string of the molecule is CC1(C)CC[C@H](O)[C@]2(C)C1CC[C@]2(C)O. The van der Waals surface area contributed by atoms with Crippen LogP contribution in [-0.4, -0.2) is 21.9 Å². The van der Waals surface area contributed by atoms with Crippen LogP contribution < -0.4 is 0 Å². The van der Waals surface area contributed by atoms with Crippen LogP contribution in [0.4, 0.5) is 0 Å². The van der Waals surface area contributed by atoms with E-state index in [-0.39, 0.29) is 16.9 Å². The van der Waals surface area contributed by atoms with Gasteiger partial charge in [0.1, 0.15) is 0 Å². The van der Waals surface area contributed by atoms with Gasteiger partial charge in [-0.2, -0.15) is 0 Å². The Hall–Kier alpha value is -0.0800. The van der Waals surface area contributed by atoms with Crippen molar-refractivity contribution in [2.75, 3.05) is 0 Å². The van der Waals surface area contributed by atoms with E-state index >= 15 is 0 Å². The smallest absolute Gasteiger partial charge is 0.0700 e. The van der Waals surface area contributed by atoms with Crippen LogP contribution in [-0.2, 0) is 0 Å². The van der Waals surface area contributed by atoms with Gasteiger partial charge in [0.05, 0.1) is 11.7 Å². The van der Waals surface area contributed by atoms with Gasteiger partial charge < -0.3 is 10.2 Å². The molecule has 2 aliphatic carbocycles. The van der Waals surface area contributed by atoms with Crippen molar-refractivity contribution in [3.8, 4) is 0 Å². The molecule has 2 saturated carbocycles. The van der Waals surface area contributed by atoms with E-state index in [0.29, 0.717) is 5.92 Å². The van der Waals surface area contributed by atoms with Gasteiger partial charge in [0.15, 0.2) is 0 Å². The summed E-state index contributed by atoms with van der Waals surface area (Å²) in [5.74, 6) is 0.448. The summed E-state index contributed by atoms with van der Waals surface area (Å²) in [6.45, 7) is 8.54. The maximum absolute atomic E-state index is 10.5. The fourth-order valence-corrected chi connectivity index (χ4v) is 4.15. The fourth-order valence-electron chi connectivity index (χ4n) is 4.15. The molecule has 2 rings (SSSR count). The van der Waals surface area contributed by atoms with Gasteiger partial charge in [0.2, 0.25) is 0 Å². The van der Waals surface area contributed by atoms with Crippen LogP contribution in [0.25, 0.3) is 0 Å². The van der Waals surface area contributed by atoms with E-state index in [0.717, 1.165) is 25.7 Å². The van der Waals surface area contributed by atoms with E-state index in [1.807, 2.05) is 6.92 Å². The van der Waals surface area contributed by atoms with Crippen molar-refractivity contribution in [1.82, 2.24) is 0 Å². The molecule has 0 aromatic carbocycles. The topological polar surface area (TPSA) is 40.5 Å². The van der Waals surface area contributed by atoms with Crippen LogP contribution in [0.3, 0.4) is 0 Å². The summed E-state index contributed by atoms with van der Waals surface area (Å²) >= 11 is 0. The molecule has 2 nitrogen and oxygen atoms in total. The maximum Gasteiger partial charge on any atom is 0.0700 e. The molecule has 0 radical (unpaired) electrons. The minimum absolute atomic E-state index is 0.258. The van der Waals surface area contributed by atoms with Crippen LogP contribution in [0.2, 0.25) is 0 Å². The third kappa shape index (κ3) is 1.31. The van der Waals surface area contributed by atoms with Crippen LogP contribution in [0.1, 0.15) is 53.4 Å². The summed E-state index contributed by atoms with van der Waals surface area (Å²) in [6, 6.07) is 0. The van der Waals surface area contributed by atoms with Crippen molar-refractivity contribution in [3.05, 3.63) is 0 Å². The van der Waals surface area contributed by atoms with Gasteiger partial charge in [-0.3, -0.25) is 0 Å². The van der Waals surface area contributed by atoms with E-state index in [9.17, 15) is 10.2 Å². The number of hydrogen-bond acceptors (Lipinski definition) is 2. The number of hydrogen-bond donors (Lipinski definition) is 2. The third-order valence-corrected chi connectivity index (χ3v) is 5.50. The Labute approximate surface area is 92.7 Å². The van der Waals surface area contributed by atoms with Gasteiger partial charge in [0.25, 0.3) is 0 Å². The minimum atomic E-state index is -0.700. The third-order valence-electron chi connectivity index (χ3n) is 5.50. The molecular formula is C13H24O2. The Morgan fingerprint density at radius 2 is 1.60 bits per heavy atom. The van der Waals surface area contributed by atoms with Crippen LogP contribution >= 0.6 is 0 Å². The average molecular weight is 212 g/mol. The largest absolute Gasteiger partial charge is 0.392 e. The van der Waals surface area contributed by atoms with E-state index in [1.165, 1.54) is 0 Å². The molecule has 4 atom stereocenters. The Morgan fingerprint density at radius 3 is 2.13 bits per heavy atom. The van der Waals surface area contributed by atoms with Crippen molar-refractivity contribution >= 4 is 0 Å². The van der Waals surface area contributed by atoms with Crippen LogP contribution in [0.5, 0.6) is 0 Å². The molecule has 0 amide bonds. The molecule has 2 fully saturated rings. The van der Waals surface area contributed by atoms with Gasteiger partial charge in [0, 0.05) is 5.41 Å². The summed E-state index contributed by atoms with van der Waals surface area (Å²) in [7, 11) is 0. The molecule has 0 heterocycles. The Kier molecular flexibility index (Phi) is 2.27. The molecule has 88 valence electrons. The minimum Gasteiger partial charge on any atom is -0.392 e. The highest BCUT2D eigenvalue weighted by Crippen LogP contribution is 2.62. The van der Waals surface area contributed by atoms with Crippen molar-refractivity contribution in [1.29, 1.82) is 0 Å². The number of aliphatic hydroxyl groups is 2. The summed E-state index contributed by atoms with van der Waals surface area (Å²) in [4.78, 5) is 0. The van der Waals surface area contributed by atoms with Crippen molar-refractivity contribution in [2.45, 2.75) is 65.1 Å². The van der Waals surface area contributed by atoms with E-state index in [1.54, 1.807) is 0 Å². The predicted molar refractivity (Wildman–Crippen MR) is 60.5 cm³/mol. The first-order valence-electron chi connectivity index (χ1n) is 6.12. The van der Waals surface area contributed by atoms with Gasteiger partial charge in [-0.05, 0) is 43.9 Å². The highest BCUT2D eigenvalue weighted by molar-refractivity contribution is 5.12. The van der Waals surface area contributed by atoms with Crippen LogP contribution in [0, 0.1) is 16.7 Å². The lowest BCUT2D eigenvalue weighted by atomic mass is 9.54. The maximum atomic E-state index is 10.5. The zero-order valence-corrected chi connectivity index (χ0v) is 10.4. The lowest BCUT2D eigenvalue weighted by Crippen LogP contribution is -2.56. The predicted octanol–water partition coefficient (Wildman–Crippen LogP) is 2.33. The van der Waals surface area contributed by atoms with E-state index in [4.69, 9.17) is 0 Å². The molecule has 1 unspecified atom stereocenters. The standard InChI is InChI=1S/C13H24O2/c1-11(2)7-6-10(14)13(4)9(11)5-8-12(13,3)15/h9-10,14-15H,5-8H2,1-4H3/t9?,10-,12-,13-/m0/s1. The second-order valence-corrected chi connectivity index (χ2v) is 6.69. The molecule has 0 aliphatic heterocycles. The monoisotopic (exact) mass is 212 g/mol. The average Bonchev–Trinajstić information content (AvgIpc) is 2.35. The summed E-state index contributed by atoms with van der Waals surface area (Å²) < 4.78 is 0. The second-order valence-electron chi connectivity index (χ2n) is 6.69. The molecule has 2 heteroatoms. The molecule has 2 aliphatic rings. The molecule has 0 saturated heterocycles. The lowest BCUT2D eigenvalue weighted by Gasteiger charge is -2.54. The Balaban J connectivity index is 2.43. The molecule has 0 aromatic rings. The Bertz CT molecular complexity index is 270. The first-order chi connectivity index (χ1) is 6.72. The fraction of sp³-hybridized carbons (Fsp3) is 1.00. The van der Waals surface area contributed by atoms with Crippen molar-refractivity contribution in [3.63, 3.8) is 0 Å². The first-order valence-corrected chi connectivity index (χ1v) is 6.12. The number of fused-ring (bicyclic) bond motifs is 1. The molecule has 0 spiro atoms. The summed E-state index contributed by atoms with van der Waals surface area (Å²) in [6.07, 6.45) is 3.44. The summed E-state index contributed by atoms with van der Waals surface area (Å²) in [5, 5.41) is 20.7. The van der Waals surface area contributed by atoms with Crippen molar-refractivity contribution < 1.29 is 10.2 Å². The van der Waals surface area contributed by atoms with E-state index in [2.05, 4.69) is 20.8 Å². The number of aliphatic hydroxyl groups excluding tert-OH is 1. The quantitative estimate of drug-likeness (QED) is 0.647. The molecule has 0 bridgehead atoms. The van der Waals surface area contributed by atoms with Crippen molar-refractivity contribution in [2.24, 2.45) is 16.7 Å². The van der Waals surface area contributed by atoms with E-state index < -0.39 is 5.60 Å². The van der Waals surface area contributed by atoms with Crippen LogP contribution in [0.15, 0.2) is 0 Å². The van der Waals surface area contributed by atoms with Gasteiger partial charge in [-0.25, -0.2) is 0 Å². The Morgan fingerprint density at radius 1 is 1.00 bits per heavy atom. The molecule has 15 heavy (non-hydrogen) atoms. The molecule has 2 N–H and O–H groups in total. The lowest BCUT2D eigenvalue weighted by molar-refractivity contribution is -0.167. The molecular weight excluding hydrogens is 188 g/mol. The highest BCUT2D eigenvalue weighted by Gasteiger charge is 2.63. The molecule has 0 aromatic heterocycles. The summed E-state index contributed by atoms with van der Waals surface area (Å²) in [5.41, 5.74) is -0.752. The first kappa shape index (κ1) is 11.4. The van der Waals surface area contributed by atoms with Gasteiger partial charge in [-0.15, -0.1) is 0 Å².